The average molecular weight is 127 g/mol. The van der Waals surface area contributed by atoms with Crippen LogP contribution in [0, 0.1) is 0 Å². The van der Waals surface area contributed by atoms with E-state index in [4.69, 9.17) is 0 Å². The Labute approximate surface area is 53.3 Å². The number of ether oxygens (including phenoxy) is 1. The van der Waals surface area contributed by atoms with E-state index >= 15 is 0 Å². The second-order valence-electron chi connectivity index (χ2n) is 1.46. The Bertz CT molecular complexity index is 133. The molecule has 9 heavy (non-hydrogen) atoms. The number of carbonyl (C=O) groups excluding carboxylic acids is 2. The lowest BCUT2D eigenvalue weighted by atomic mass is 10.3. The van der Waals surface area contributed by atoms with Crippen molar-refractivity contribution in [3.05, 3.63) is 5.76 Å². The Morgan fingerprint density at radius 3 is 2.56 bits per heavy atom. The summed E-state index contributed by atoms with van der Waals surface area (Å²) in [6.07, 6.45) is 1.20. The van der Waals surface area contributed by atoms with Gasteiger partial charge in [-0.25, -0.2) is 9.59 Å². The summed E-state index contributed by atoms with van der Waals surface area (Å²) < 4.78 is 4.12. The molecule has 49 valence electrons. The predicted molar refractivity (Wildman–Crippen MR) is 30.9 cm³/mol. The molecule has 1 radical (unpaired) electrons. The average Bonchev–Trinajstić information content (AvgIpc) is 1.88. The fourth-order valence-electron chi connectivity index (χ4n) is 0.400. The molecule has 0 rings (SSSR count). The van der Waals surface area contributed by atoms with Crippen molar-refractivity contribution in [1.29, 1.82) is 0 Å². The molecule has 0 fully saturated rings. The van der Waals surface area contributed by atoms with E-state index in [2.05, 4.69) is 4.74 Å². The molecule has 0 atom stereocenters. The van der Waals surface area contributed by atoms with Gasteiger partial charge in [-0.2, -0.15) is 0 Å². The van der Waals surface area contributed by atoms with Crippen LogP contribution in [0.2, 0.25) is 0 Å². The maximum absolute atomic E-state index is 9.82. The van der Waals surface area contributed by atoms with Crippen LogP contribution in [0.25, 0.3) is 0 Å². The summed E-state index contributed by atoms with van der Waals surface area (Å²) in [5.41, 5.74) is 0. The van der Waals surface area contributed by atoms with Crippen LogP contribution in [0.4, 0.5) is 0 Å². The largest absolute Gasteiger partial charge is 0.423 e. The Morgan fingerprint density at radius 2 is 2.22 bits per heavy atom. The van der Waals surface area contributed by atoms with Crippen LogP contribution in [-0.4, -0.2) is 12.4 Å². The molecule has 0 saturated carbocycles. The molecule has 0 aliphatic heterocycles. The van der Waals surface area contributed by atoms with E-state index in [1.54, 1.807) is 0 Å². The first-order chi connectivity index (χ1) is 4.35. The third kappa shape index (κ3) is 3.50. The zero-order valence-electron chi connectivity index (χ0n) is 5.14. The van der Waals surface area contributed by atoms with Gasteiger partial charge in [0.25, 0.3) is 0 Å². The number of hydrogen-bond donors (Lipinski definition) is 0. The molecule has 0 saturated heterocycles. The van der Waals surface area contributed by atoms with Crippen LogP contribution in [-0.2, 0) is 14.3 Å². The molecule has 0 aliphatic rings. The highest BCUT2D eigenvalue weighted by atomic mass is 16.5. The molecule has 0 unspecified atom stereocenters. The summed E-state index contributed by atoms with van der Waals surface area (Å²) in [6.45, 7) is 3.02. The van der Waals surface area contributed by atoms with Gasteiger partial charge >= 0.3 is 6.47 Å². The van der Waals surface area contributed by atoms with Gasteiger partial charge in [0.15, 0.2) is 11.7 Å². The molecule has 0 aliphatic carbocycles. The van der Waals surface area contributed by atoms with Gasteiger partial charge in [-0.3, -0.25) is 0 Å². The third-order valence-corrected chi connectivity index (χ3v) is 0.756. The second kappa shape index (κ2) is 5.06. The van der Waals surface area contributed by atoms with Crippen molar-refractivity contribution in [3.8, 4) is 0 Å². The summed E-state index contributed by atoms with van der Waals surface area (Å²) in [5, 5.41) is 0. The van der Waals surface area contributed by atoms with Crippen molar-refractivity contribution in [2.75, 3.05) is 0 Å². The Balaban J connectivity index is 3.69. The normalized spacial score (nSPS) is 7.67. The van der Waals surface area contributed by atoms with Crippen molar-refractivity contribution in [2.24, 2.45) is 0 Å². The fourth-order valence-corrected chi connectivity index (χ4v) is 0.400. The standard InChI is InChI=1S/C6H7O3/c1-2-3-6(4-7)9-5-8/h2-3H2,1H3. The molecule has 0 aromatic heterocycles. The van der Waals surface area contributed by atoms with Crippen LogP contribution >= 0.6 is 0 Å². The number of rotatable bonds is 4. The molecule has 3 heteroatoms. The fraction of sp³-hybridized carbons (Fsp3) is 0.500. The lowest BCUT2D eigenvalue weighted by Crippen LogP contribution is -1.89. The third-order valence-electron chi connectivity index (χ3n) is 0.756. The smallest absolute Gasteiger partial charge is 0.411 e. The minimum absolute atomic E-state index is 0.0208. The Kier molecular flexibility index (Phi) is 4.46. The minimum Gasteiger partial charge on any atom is -0.411 e. The minimum atomic E-state index is 0.0208. The number of allylic oxidation sites excluding steroid dienone is 1. The number of hydrogen-bond acceptors (Lipinski definition) is 3. The monoisotopic (exact) mass is 127 g/mol. The van der Waals surface area contributed by atoms with E-state index in [1.807, 2.05) is 6.92 Å². The molecule has 0 aromatic carbocycles. The van der Waals surface area contributed by atoms with E-state index in [1.165, 1.54) is 5.94 Å². The summed E-state index contributed by atoms with van der Waals surface area (Å²) in [7, 11) is 0. The molecule has 0 N–H and O–H groups in total. The zero-order chi connectivity index (χ0) is 7.11. The molecule has 0 spiro atoms. The van der Waals surface area contributed by atoms with Gasteiger partial charge < -0.3 is 4.74 Å². The molecular weight excluding hydrogens is 120 g/mol. The van der Waals surface area contributed by atoms with Gasteiger partial charge in [-0.1, -0.05) is 6.92 Å². The van der Waals surface area contributed by atoms with Gasteiger partial charge in [0.2, 0.25) is 0 Å². The van der Waals surface area contributed by atoms with Gasteiger partial charge in [-0.05, 0) is 6.42 Å². The van der Waals surface area contributed by atoms with Gasteiger partial charge in [0, 0.05) is 6.42 Å². The van der Waals surface area contributed by atoms with Crippen LogP contribution < -0.4 is 0 Å². The van der Waals surface area contributed by atoms with E-state index in [9.17, 15) is 9.59 Å². The van der Waals surface area contributed by atoms with Crippen LogP contribution in [0.5, 0.6) is 0 Å². The van der Waals surface area contributed by atoms with E-state index in [0.717, 1.165) is 12.9 Å². The van der Waals surface area contributed by atoms with Crippen LogP contribution in [0.1, 0.15) is 19.8 Å². The van der Waals surface area contributed by atoms with E-state index in [0.29, 0.717) is 6.42 Å². The van der Waals surface area contributed by atoms with Gasteiger partial charge in [0.1, 0.15) is 0 Å². The van der Waals surface area contributed by atoms with Crippen molar-refractivity contribution in [3.63, 3.8) is 0 Å². The van der Waals surface area contributed by atoms with Crippen molar-refractivity contribution < 1.29 is 14.3 Å². The molecule has 3 nitrogen and oxygen atoms in total. The maximum atomic E-state index is 9.82. The Morgan fingerprint density at radius 1 is 1.56 bits per heavy atom. The molecule has 0 amide bonds. The maximum Gasteiger partial charge on any atom is 0.423 e. The highest BCUT2D eigenvalue weighted by Gasteiger charge is 1.95. The predicted octanol–water partition coefficient (Wildman–Crippen LogP) is 0.586. The summed E-state index contributed by atoms with van der Waals surface area (Å²) in [4.78, 5) is 19.3. The molecular formula is C6H7O3. The first-order valence-corrected chi connectivity index (χ1v) is 2.63. The molecule has 0 bridgehead atoms. The van der Waals surface area contributed by atoms with E-state index < -0.39 is 0 Å². The second-order valence-corrected chi connectivity index (χ2v) is 1.46. The van der Waals surface area contributed by atoms with E-state index in [-0.39, 0.29) is 5.76 Å². The van der Waals surface area contributed by atoms with Crippen molar-refractivity contribution >= 4 is 12.4 Å². The summed E-state index contributed by atoms with van der Waals surface area (Å²) in [6, 6.07) is 0. The first kappa shape index (κ1) is 7.92. The zero-order valence-corrected chi connectivity index (χ0v) is 5.14. The lowest BCUT2D eigenvalue weighted by Gasteiger charge is -1.92. The van der Waals surface area contributed by atoms with Crippen LogP contribution in [0.15, 0.2) is 5.76 Å². The van der Waals surface area contributed by atoms with Gasteiger partial charge in [0.05, 0.1) is 0 Å². The first-order valence-electron chi connectivity index (χ1n) is 2.63. The highest BCUT2D eigenvalue weighted by Crippen LogP contribution is 1.99. The van der Waals surface area contributed by atoms with Gasteiger partial charge in [-0.15, -0.1) is 0 Å². The highest BCUT2D eigenvalue weighted by molar-refractivity contribution is 5.54. The lowest BCUT2D eigenvalue weighted by molar-refractivity contribution is 0.349. The topological polar surface area (TPSA) is 43.4 Å². The van der Waals surface area contributed by atoms with Crippen molar-refractivity contribution in [1.82, 2.24) is 0 Å². The van der Waals surface area contributed by atoms with Crippen LogP contribution in [0.3, 0.4) is 0 Å². The Hall–Kier alpha value is -1.08. The summed E-state index contributed by atoms with van der Waals surface area (Å²) >= 11 is 0. The summed E-state index contributed by atoms with van der Waals surface area (Å²) in [5.74, 6) is 1.51. The molecule has 0 aromatic rings. The van der Waals surface area contributed by atoms with Crippen molar-refractivity contribution in [2.45, 2.75) is 19.8 Å². The SMILES string of the molecule is CCCC(=C=O)O[C]=O. The quantitative estimate of drug-likeness (QED) is 0.410. The molecule has 0 heterocycles.